The Labute approximate surface area is 212 Å². The highest BCUT2D eigenvalue weighted by atomic mass is 79.9. The second-order valence-electron chi connectivity index (χ2n) is 7.58. The summed E-state index contributed by atoms with van der Waals surface area (Å²) in [6.45, 7) is 1.75. The van der Waals surface area contributed by atoms with Crippen LogP contribution in [0.3, 0.4) is 0 Å². The van der Waals surface area contributed by atoms with E-state index in [0.717, 1.165) is 6.42 Å². The van der Waals surface area contributed by atoms with Crippen molar-refractivity contribution in [2.45, 2.75) is 26.2 Å². The quantitative estimate of drug-likeness (QED) is 0.385. The van der Waals surface area contributed by atoms with Crippen molar-refractivity contribution in [2.24, 2.45) is 5.10 Å². The van der Waals surface area contributed by atoms with Gasteiger partial charge in [0.25, 0.3) is 11.8 Å². The van der Waals surface area contributed by atoms with E-state index in [1.807, 2.05) is 6.07 Å². The van der Waals surface area contributed by atoms with E-state index >= 15 is 0 Å². The number of rotatable bonds is 4. The summed E-state index contributed by atoms with van der Waals surface area (Å²) in [4.78, 5) is 37.7. The van der Waals surface area contributed by atoms with Crippen LogP contribution in [-0.2, 0) is 6.42 Å². The molecule has 0 atom stereocenters. The van der Waals surface area contributed by atoms with Crippen molar-refractivity contribution < 1.29 is 18.8 Å². The van der Waals surface area contributed by atoms with Crippen LogP contribution >= 0.6 is 31.9 Å². The molecule has 1 aliphatic rings. The first kappa shape index (κ1) is 23.9. The SMILES string of the molecule is Cc1c(C(=O)NNC(=O)c2ccccc2Br)oc2c1/C(=N/NC(=O)c1ccccc1Br)CCC2. The van der Waals surface area contributed by atoms with Gasteiger partial charge in [-0.25, -0.2) is 5.43 Å². The van der Waals surface area contributed by atoms with Gasteiger partial charge in [0.05, 0.1) is 16.8 Å². The van der Waals surface area contributed by atoms with Crippen LogP contribution in [0.15, 0.2) is 67.0 Å². The van der Waals surface area contributed by atoms with E-state index in [0.29, 0.717) is 55.5 Å². The van der Waals surface area contributed by atoms with Crippen LogP contribution in [0, 0.1) is 6.92 Å². The van der Waals surface area contributed by atoms with E-state index in [-0.39, 0.29) is 11.7 Å². The molecule has 2 aromatic carbocycles. The fraction of sp³-hybridized carbons (Fsp3) is 0.167. The molecular formula is C24H20Br2N4O4. The van der Waals surface area contributed by atoms with Gasteiger partial charge in [-0.15, -0.1) is 0 Å². The lowest BCUT2D eigenvalue weighted by Crippen LogP contribution is -2.41. The Hall–Kier alpha value is -3.24. The normalized spacial score (nSPS) is 13.8. The van der Waals surface area contributed by atoms with Crippen LogP contribution in [-0.4, -0.2) is 23.4 Å². The van der Waals surface area contributed by atoms with E-state index in [2.05, 4.69) is 53.2 Å². The minimum absolute atomic E-state index is 0.0872. The van der Waals surface area contributed by atoms with Gasteiger partial charge in [-0.2, -0.15) is 5.10 Å². The van der Waals surface area contributed by atoms with Gasteiger partial charge in [0.15, 0.2) is 5.76 Å². The number of aryl methyl sites for hydroxylation is 1. The summed E-state index contributed by atoms with van der Waals surface area (Å²) >= 11 is 6.67. The Bertz CT molecular complexity index is 1320. The predicted molar refractivity (Wildman–Crippen MR) is 134 cm³/mol. The van der Waals surface area contributed by atoms with Crippen LogP contribution in [0.2, 0.25) is 0 Å². The molecule has 0 fully saturated rings. The third kappa shape index (κ3) is 4.97. The second-order valence-corrected chi connectivity index (χ2v) is 9.28. The molecule has 1 heterocycles. The number of nitrogens with zero attached hydrogens (tertiary/aromatic N) is 1. The van der Waals surface area contributed by atoms with Crippen LogP contribution in [0.25, 0.3) is 0 Å². The number of amides is 3. The number of fused-ring (bicyclic) bond motifs is 1. The summed E-state index contributed by atoms with van der Waals surface area (Å²) in [6.07, 6.45) is 2.04. The number of benzene rings is 2. The highest BCUT2D eigenvalue weighted by Gasteiger charge is 2.28. The number of carbonyl (C=O) groups excluding carboxylic acids is 3. The van der Waals surface area contributed by atoms with Crippen molar-refractivity contribution >= 4 is 55.3 Å². The lowest BCUT2D eigenvalue weighted by Gasteiger charge is -2.13. The van der Waals surface area contributed by atoms with Crippen LogP contribution in [0.1, 0.15) is 61.0 Å². The highest BCUT2D eigenvalue weighted by molar-refractivity contribution is 9.10. The molecule has 3 N–H and O–H groups in total. The molecule has 1 aromatic heterocycles. The smallest absolute Gasteiger partial charge is 0.305 e. The van der Waals surface area contributed by atoms with Crippen LogP contribution in [0.4, 0.5) is 0 Å². The maximum Gasteiger partial charge on any atom is 0.305 e. The van der Waals surface area contributed by atoms with E-state index < -0.39 is 11.8 Å². The first-order chi connectivity index (χ1) is 16.4. The Morgan fingerprint density at radius 3 is 2.09 bits per heavy atom. The first-order valence-electron chi connectivity index (χ1n) is 10.5. The number of hydrogen-bond donors (Lipinski definition) is 3. The van der Waals surface area contributed by atoms with Crippen LogP contribution in [0.5, 0.6) is 0 Å². The Kier molecular flexibility index (Phi) is 7.28. The largest absolute Gasteiger partial charge is 0.455 e. The van der Waals surface area contributed by atoms with Crippen molar-refractivity contribution in [2.75, 3.05) is 0 Å². The summed E-state index contributed by atoms with van der Waals surface area (Å²) in [5.41, 5.74) is 10.2. The topological polar surface area (TPSA) is 113 Å². The number of hydrazone groups is 1. The summed E-state index contributed by atoms with van der Waals surface area (Å²) in [7, 11) is 0. The Balaban J connectivity index is 1.50. The molecule has 3 amide bonds. The molecule has 0 saturated heterocycles. The third-order valence-corrected chi connectivity index (χ3v) is 6.73. The zero-order chi connectivity index (χ0) is 24.2. The summed E-state index contributed by atoms with van der Waals surface area (Å²) in [5.74, 6) is -0.680. The molecule has 34 heavy (non-hydrogen) atoms. The molecule has 10 heteroatoms. The van der Waals surface area contributed by atoms with Gasteiger partial charge in [0.1, 0.15) is 5.76 Å². The Morgan fingerprint density at radius 2 is 1.44 bits per heavy atom. The third-order valence-electron chi connectivity index (χ3n) is 5.35. The number of nitrogens with one attached hydrogen (secondary N) is 3. The number of hydrazine groups is 1. The Morgan fingerprint density at radius 1 is 0.853 bits per heavy atom. The number of halogens is 2. The molecule has 0 radical (unpaired) electrons. The summed E-state index contributed by atoms with van der Waals surface area (Å²) in [6, 6.07) is 13.9. The lowest BCUT2D eigenvalue weighted by molar-refractivity contribution is 0.0829. The van der Waals surface area contributed by atoms with Gasteiger partial charge >= 0.3 is 5.91 Å². The van der Waals surface area contributed by atoms with Gasteiger partial charge < -0.3 is 4.42 Å². The summed E-state index contributed by atoms with van der Waals surface area (Å²) in [5, 5.41) is 4.33. The molecule has 174 valence electrons. The van der Waals surface area contributed by atoms with Gasteiger partial charge in [-0.05, 0) is 75.9 Å². The standard InChI is InChI=1S/C24H20Br2N4O4/c1-13-20-18(27-28-22(31)14-7-2-4-9-16(14)25)11-6-12-19(20)34-21(13)24(33)30-29-23(32)15-8-3-5-10-17(15)26/h2-5,7-10H,6,11-12H2,1H3,(H,28,31)(H,29,32)(H,30,33)/b27-18+. The molecule has 0 spiro atoms. The minimum Gasteiger partial charge on any atom is -0.455 e. The van der Waals surface area contributed by atoms with Gasteiger partial charge in [0.2, 0.25) is 0 Å². The van der Waals surface area contributed by atoms with Crippen molar-refractivity contribution in [3.63, 3.8) is 0 Å². The van der Waals surface area contributed by atoms with Crippen molar-refractivity contribution in [3.05, 3.63) is 91.3 Å². The van der Waals surface area contributed by atoms with Crippen molar-refractivity contribution in [1.29, 1.82) is 0 Å². The van der Waals surface area contributed by atoms with Gasteiger partial charge in [0, 0.05) is 26.5 Å². The molecule has 3 aromatic rings. The molecule has 0 unspecified atom stereocenters. The number of carbonyl (C=O) groups is 3. The van der Waals surface area contributed by atoms with Crippen molar-refractivity contribution in [3.8, 4) is 0 Å². The fourth-order valence-corrected chi connectivity index (χ4v) is 4.63. The maximum absolute atomic E-state index is 12.8. The lowest BCUT2D eigenvalue weighted by atomic mass is 9.93. The van der Waals surface area contributed by atoms with E-state index in [9.17, 15) is 14.4 Å². The zero-order valence-electron chi connectivity index (χ0n) is 18.1. The molecule has 0 saturated carbocycles. The van der Waals surface area contributed by atoms with E-state index in [1.54, 1.807) is 49.4 Å². The second kappa shape index (κ2) is 10.4. The molecular weight excluding hydrogens is 568 g/mol. The monoisotopic (exact) mass is 586 g/mol. The number of hydrogen-bond acceptors (Lipinski definition) is 5. The average molecular weight is 588 g/mol. The van der Waals surface area contributed by atoms with Gasteiger partial charge in [-0.1, -0.05) is 24.3 Å². The number of furan rings is 1. The first-order valence-corrected chi connectivity index (χ1v) is 12.0. The summed E-state index contributed by atoms with van der Waals surface area (Å²) < 4.78 is 7.10. The molecule has 0 bridgehead atoms. The minimum atomic E-state index is -0.580. The van der Waals surface area contributed by atoms with E-state index in [4.69, 9.17) is 4.42 Å². The van der Waals surface area contributed by atoms with Gasteiger partial charge in [-0.3, -0.25) is 25.2 Å². The maximum atomic E-state index is 12.8. The average Bonchev–Trinajstić information content (AvgIpc) is 3.18. The van der Waals surface area contributed by atoms with E-state index in [1.165, 1.54) is 0 Å². The molecule has 8 nitrogen and oxygen atoms in total. The molecule has 1 aliphatic carbocycles. The molecule has 0 aliphatic heterocycles. The zero-order valence-corrected chi connectivity index (χ0v) is 21.2. The highest BCUT2D eigenvalue weighted by Crippen LogP contribution is 2.30. The van der Waals surface area contributed by atoms with Crippen molar-refractivity contribution in [1.82, 2.24) is 16.3 Å². The fourth-order valence-electron chi connectivity index (χ4n) is 3.70. The van der Waals surface area contributed by atoms with Crippen LogP contribution < -0.4 is 16.3 Å². The molecule has 4 rings (SSSR count). The predicted octanol–water partition coefficient (Wildman–Crippen LogP) is 4.66.